The fourth-order valence-electron chi connectivity index (χ4n) is 2.99. The van der Waals surface area contributed by atoms with E-state index in [9.17, 15) is 9.18 Å². The van der Waals surface area contributed by atoms with E-state index in [-0.39, 0.29) is 18.3 Å². The van der Waals surface area contributed by atoms with Crippen molar-refractivity contribution in [3.8, 4) is 0 Å². The van der Waals surface area contributed by atoms with Crippen molar-refractivity contribution in [1.82, 2.24) is 30.1 Å². The fourth-order valence-corrected chi connectivity index (χ4v) is 2.99. The van der Waals surface area contributed by atoms with Crippen LogP contribution in [0.3, 0.4) is 0 Å². The number of benzene rings is 1. The van der Waals surface area contributed by atoms with Crippen molar-refractivity contribution in [2.24, 2.45) is 0 Å². The molecule has 0 aliphatic carbocycles. The van der Waals surface area contributed by atoms with Gasteiger partial charge in [-0.3, -0.25) is 9.89 Å². The van der Waals surface area contributed by atoms with Crippen LogP contribution in [0.5, 0.6) is 0 Å². The van der Waals surface area contributed by atoms with Crippen molar-refractivity contribution in [2.75, 3.05) is 5.32 Å². The Kier molecular flexibility index (Phi) is 5.09. The van der Waals surface area contributed by atoms with E-state index < -0.39 is 23.1 Å². The molecule has 0 atom stereocenters. The fraction of sp³-hybridized carbons (Fsp3) is 0.200. The number of aryl methyl sites for hydroxylation is 1. The zero-order valence-corrected chi connectivity index (χ0v) is 16.6. The van der Waals surface area contributed by atoms with Crippen LogP contribution in [0, 0.1) is 12.7 Å². The summed E-state index contributed by atoms with van der Waals surface area (Å²) in [5.41, 5.74) is 1.39. The number of H-pyrrole nitrogens is 1. The molecule has 4 aromatic rings. The summed E-state index contributed by atoms with van der Waals surface area (Å²) < 4.78 is 44.8. The van der Waals surface area contributed by atoms with Gasteiger partial charge in [-0.2, -0.15) is 13.9 Å². The first-order chi connectivity index (χ1) is 14.7. The number of fused-ring (bicyclic) bond motifs is 1. The van der Waals surface area contributed by atoms with Crippen LogP contribution in [0.1, 0.15) is 29.6 Å². The predicted molar refractivity (Wildman–Crippen MR) is 107 cm³/mol. The topological polar surface area (TPSA) is 100 Å². The van der Waals surface area contributed by atoms with Gasteiger partial charge in [0.15, 0.2) is 11.6 Å². The van der Waals surface area contributed by atoms with Gasteiger partial charge in [0.25, 0.3) is 0 Å². The van der Waals surface area contributed by atoms with Crippen molar-refractivity contribution in [3.63, 3.8) is 0 Å². The van der Waals surface area contributed by atoms with E-state index in [1.807, 2.05) is 0 Å². The maximum absolute atomic E-state index is 15.2. The Hall–Kier alpha value is -3.89. The lowest BCUT2D eigenvalue weighted by Crippen LogP contribution is -2.21. The molecule has 0 saturated heterocycles. The molecule has 0 bridgehead atoms. The molecule has 11 heteroatoms. The Balaban J connectivity index is 1.81. The maximum Gasteiger partial charge on any atom is 0.333 e. The summed E-state index contributed by atoms with van der Waals surface area (Å²) in [6.07, 6.45) is 1.53. The molecule has 160 valence electrons. The highest BCUT2D eigenvalue weighted by Crippen LogP contribution is 2.35. The first-order valence-electron chi connectivity index (χ1n) is 9.29. The van der Waals surface area contributed by atoms with Gasteiger partial charge in [0.1, 0.15) is 11.3 Å². The molecule has 0 fully saturated rings. The van der Waals surface area contributed by atoms with Gasteiger partial charge >= 0.3 is 5.92 Å². The molecule has 1 aromatic carbocycles. The first-order valence-corrected chi connectivity index (χ1v) is 9.29. The van der Waals surface area contributed by atoms with E-state index in [1.165, 1.54) is 17.6 Å². The Morgan fingerprint density at radius 3 is 2.61 bits per heavy atom. The van der Waals surface area contributed by atoms with E-state index in [0.29, 0.717) is 16.9 Å². The highest BCUT2D eigenvalue weighted by molar-refractivity contribution is 5.74. The number of carbonyl (C=O) groups excluding carboxylic acids is 1. The third kappa shape index (κ3) is 4.20. The van der Waals surface area contributed by atoms with Crippen LogP contribution in [0.2, 0.25) is 0 Å². The molecule has 0 radical (unpaired) electrons. The smallest absolute Gasteiger partial charge is 0.333 e. The Morgan fingerprint density at radius 1 is 1.23 bits per heavy atom. The van der Waals surface area contributed by atoms with Crippen LogP contribution in [-0.4, -0.2) is 30.7 Å². The van der Waals surface area contributed by atoms with E-state index >= 15 is 8.78 Å². The highest BCUT2D eigenvalue weighted by Gasteiger charge is 2.39. The van der Waals surface area contributed by atoms with Gasteiger partial charge < -0.3 is 10.6 Å². The van der Waals surface area contributed by atoms with E-state index in [4.69, 9.17) is 0 Å². The summed E-state index contributed by atoms with van der Waals surface area (Å²) in [4.78, 5) is 15.3. The zero-order chi connectivity index (χ0) is 22.2. The minimum absolute atomic E-state index is 0.104. The van der Waals surface area contributed by atoms with Crippen molar-refractivity contribution < 1.29 is 18.0 Å². The molecule has 0 aliphatic rings. The number of nitrogens with zero attached hydrogens (tertiary/aromatic N) is 4. The number of nitrogens with one attached hydrogen (secondary N) is 3. The first kappa shape index (κ1) is 20.4. The largest absolute Gasteiger partial charge is 0.352 e. The second-order valence-electron chi connectivity index (χ2n) is 7.01. The number of aromatic amines is 1. The van der Waals surface area contributed by atoms with Crippen molar-refractivity contribution >= 4 is 23.1 Å². The Labute approximate surface area is 174 Å². The molecule has 4 rings (SSSR count). The van der Waals surface area contributed by atoms with E-state index in [1.54, 1.807) is 19.1 Å². The summed E-state index contributed by atoms with van der Waals surface area (Å²) >= 11 is 0. The lowest BCUT2D eigenvalue weighted by molar-refractivity contribution is -0.119. The Bertz CT molecular complexity index is 1250. The average Bonchev–Trinajstić information content (AvgIpc) is 3.32. The zero-order valence-electron chi connectivity index (χ0n) is 16.6. The SMILES string of the molecule is CC(=O)NCc1cc2c(Nc3cc(C)[nH]n3)nc(C(F)(F)c3ccc(F)cc3)nn2c1. The minimum atomic E-state index is -3.58. The van der Waals surface area contributed by atoms with Gasteiger partial charge in [-0.25, -0.2) is 13.9 Å². The highest BCUT2D eigenvalue weighted by atomic mass is 19.3. The van der Waals surface area contributed by atoms with Crippen LogP contribution in [0.25, 0.3) is 5.52 Å². The van der Waals surface area contributed by atoms with Crippen LogP contribution < -0.4 is 10.6 Å². The van der Waals surface area contributed by atoms with Gasteiger partial charge in [0.05, 0.1) is 0 Å². The van der Waals surface area contributed by atoms with Crippen LogP contribution in [0.4, 0.5) is 24.8 Å². The molecule has 0 saturated carbocycles. The molecule has 0 spiro atoms. The summed E-state index contributed by atoms with van der Waals surface area (Å²) in [5, 5.41) is 16.4. The van der Waals surface area contributed by atoms with Gasteiger partial charge in [-0.15, -0.1) is 5.10 Å². The molecule has 1 amide bonds. The van der Waals surface area contributed by atoms with Gasteiger partial charge in [0, 0.05) is 37.0 Å². The monoisotopic (exact) mass is 429 g/mol. The number of amides is 1. The average molecular weight is 429 g/mol. The number of carbonyl (C=O) groups is 1. The molecular weight excluding hydrogens is 411 g/mol. The molecule has 31 heavy (non-hydrogen) atoms. The number of aromatic nitrogens is 5. The summed E-state index contributed by atoms with van der Waals surface area (Å²) in [7, 11) is 0. The van der Waals surface area contributed by atoms with Crippen molar-refractivity contribution in [1.29, 1.82) is 0 Å². The molecule has 8 nitrogen and oxygen atoms in total. The summed E-state index contributed by atoms with van der Waals surface area (Å²) in [6.45, 7) is 3.37. The standard InChI is InChI=1S/C20H18F3N7O/c1-11-7-17(28-27-11)25-18-16-8-13(9-24-12(2)31)10-30(16)29-19(26-18)20(22,23)14-3-5-15(21)6-4-14/h3-8,10H,9H2,1-2H3,(H,24,31)(H2,25,26,27,28,29). The number of rotatable bonds is 6. The van der Waals surface area contributed by atoms with Crippen LogP contribution in [-0.2, 0) is 17.3 Å². The number of hydrogen-bond acceptors (Lipinski definition) is 5. The second kappa shape index (κ2) is 7.74. The van der Waals surface area contributed by atoms with Gasteiger partial charge in [0.2, 0.25) is 11.7 Å². The van der Waals surface area contributed by atoms with Gasteiger partial charge in [-0.05, 0) is 42.8 Å². The third-order valence-electron chi connectivity index (χ3n) is 4.50. The van der Waals surface area contributed by atoms with Crippen LogP contribution in [0.15, 0.2) is 42.6 Å². The number of halogens is 3. The molecule has 0 aliphatic heterocycles. The van der Waals surface area contributed by atoms with Crippen molar-refractivity contribution in [3.05, 3.63) is 71.1 Å². The minimum Gasteiger partial charge on any atom is -0.352 e. The van der Waals surface area contributed by atoms with E-state index in [0.717, 1.165) is 30.0 Å². The van der Waals surface area contributed by atoms with Gasteiger partial charge in [-0.1, -0.05) is 0 Å². The predicted octanol–water partition coefficient (Wildman–Crippen LogP) is 3.42. The lowest BCUT2D eigenvalue weighted by Gasteiger charge is -2.16. The third-order valence-corrected chi connectivity index (χ3v) is 4.50. The second-order valence-corrected chi connectivity index (χ2v) is 7.01. The Morgan fingerprint density at radius 2 is 1.97 bits per heavy atom. The van der Waals surface area contributed by atoms with Crippen molar-refractivity contribution in [2.45, 2.75) is 26.3 Å². The maximum atomic E-state index is 15.2. The normalized spacial score (nSPS) is 11.6. The van der Waals surface area contributed by atoms with E-state index in [2.05, 4.69) is 30.9 Å². The number of hydrogen-bond donors (Lipinski definition) is 3. The molecule has 3 aromatic heterocycles. The molecule has 0 unspecified atom stereocenters. The molecule has 3 N–H and O–H groups in total. The number of alkyl halides is 2. The lowest BCUT2D eigenvalue weighted by atomic mass is 10.1. The molecular formula is C20H18F3N7O. The quantitative estimate of drug-likeness (QED) is 0.436. The summed E-state index contributed by atoms with van der Waals surface area (Å²) in [6, 6.07) is 7.26. The summed E-state index contributed by atoms with van der Waals surface area (Å²) in [5.74, 6) is -4.72. The van der Waals surface area contributed by atoms with Crippen LogP contribution >= 0.6 is 0 Å². The molecule has 3 heterocycles. The number of anilines is 2.